The maximum atomic E-state index is 13.5. The molecule has 0 spiro atoms. The zero-order valence-corrected chi connectivity index (χ0v) is 18.1. The maximum Gasteiger partial charge on any atom is 0.328 e. The zero-order chi connectivity index (χ0) is 22.4. The van der Waals surface area contributed by atoms with Gasteiger partial charge in [0, 0.05) is 43.8 Å². The summed E-state index contributed by atoms with van der Waals surface area (Å²) >= 11 is 0. The summed E-state index contributed by atoms with van der Waals surface area (Å²) in [5.41, 5.74) is 1.89. The summed E-state index contributed by atoms with van der Waals surface area (Å²) in [6.45, 7) is 7.27. The largest absolute Gasteiger partial charge is 0.508 e. The zero-order valence-electron chi connectivity index (χ0n) is 18.1. The smallest absolute Gasteiger partial charge is 0.328 e. The molecular weight excluding hydrogens is 406 g/mol. The van der Waals surface area contributed by atoms with Crippen molar-refractivity contribution in [3.63, 3.8) is 0 Å². The van der Waals surface area contributed by atoms with Crippen molar-refractivity contribution in [3.8, 4) is 22.7 Å². The lowest BCUT2D eigenvalue weighted by Gasteiger charge is -2.37. The molecule has 3 heterocycles. The van der Waals surface area contributed by atoms with Crippen molar-refractivity contribution in [2.75, 3.05) is 26.2 Å². The van der Waals surface area contributed by atoms with E-state index in [1.807, 2.05) is 29.2 Å². The van der Waals surface area contributed by atoms with Gasteiger partial charge in [-0.15, -0.1) is 0 Å². The van der Waals surface area contributed by atoms with E-state index in [2.05, 4.69) is 23.8 Å². The van der Waals surface area contributed by atoms with Crippen LogP contribution >= 0.6 is 0 Å². The first-order chi connectivity index (χ1) is 15.4. The Hall–Kier alpha value is -3.65. The van der Waals surface area contributed by atoms with Gasteiger partial charge in [-0.3, -0.25) is 14.3 Å². The van der Waals surface area contributed by atoms with Crippen molar-refractivity contribution in [2.24, 2.45) is 0 Å². The third kappa shape index (κ3) is 3.33. The number of amides is 1. The van der Waals surface area contributed by atoms with Crippen molar-refractivity contribution in [1.29, 1.82) is 0 Å². The lowest BCUT2D eigenvalue weighted by Crippen LogP contribution is -2.51. The summed E-state index contributed by atoms with van der Waals surface area (Å²) < 4.78 is 2.89. The molecule has 8 nitrogen and oxygen atoms in total. The maximum absolute atomic E-state index is 13.5. The van der Waals surface area contributed by atoms with Gasteiger partial charge in [-0.2, -0.15) is 9.78 Å². The van der Waals surface area contributed by atoms with Gasteiger partial charge in [0.05, 0.1) is 16.8 Å². The molecule has 1 amide bonds. The number of hydrogen-bond acceptors (Lipinski definition) is 5. The lowest BCUT2D eigenvalue weighted by atomic mass is 10.1. The number of phenolic OH excluding ortho intramolecular Hbond substituents is 1. The van der Waals surface area contributed by atoms with E-state index in [1.54, 1.807) is 22.9 Å². The molecule has 1 fully saturated rings. The van der Waals surface area contributed by atoms with E-state index in [1.165, 1.54) is 16.8 Å². The Kier molecular flexibility index (Phi) is 4.94. The monoisotopic (exact) mass is 431 g/mol. The summed E-state index contributed by atoms with van der Waals surface area (Å²) in [6, 6.07) is 14.1. The van der Waals surface area contributed by atoms with E-state index in [-0.39, 0.29) is 17.3 Å². The number of carbonyl (C=O) groups is 1. The van der Waals surface area contributed by atoms with Crippen LogP contribution in [0.2, 0.25) is 0 Å². The summed E-state index contributed by atoms with van der Waals surface area (Å²) in [5.74, 6) is 0.115. The summed E-state index contributed by atoms with van der Waals surface area (Å²) in [6.07, 6.45) is 1.61. The molecular formula is C24H25N5O3. The molecule has 8 heteroatoms. The number of fused-ring (bicyclic) bond motifs is 3. The SMILES string of the molecule is CC(C)N1CCN(C(=O)n2cc3c(=O)n(-c4ccc(O)cc4)nc-3c3ccccc32)CC1. The van der Waals surface area contributed by atoms with Gasteiger partial charge in [-0.25, -0.2) is 4.79 Å². The minimum atomic E-state index is -0.303. The third-order valence-corrected chi connectivity index (χ3v) is 6.17. The van der Waals surface area contributed by atoms with Crippen LogP contribution in [0.5, 0.6) is 5.75 Å². The Morgan fingerprint density at radius 3 is 2.38 bits per heavy atom. The molecule has 0 radical (unpaired) electrons. The predicted octanol–water partition coefficient (Wildman–Crippen LogP) is 2.99. The topological polar surface area (TPSA) is 83.6 Å². The van der Waals surface area contributed by atoms with Crippen molar-refractivity contribution in [1.82, 2.24) is 24.1 Å². The van der Waals surface area contributed by atoms with Gasteiger partial charge in [0.25, 0.3) is 5.56 Å². The number of pyridine rings is 1. The Morgan fingerprint density at radius 1 is 1.00 bits per heavy atom. The van der Waals surface area contributed by atoms with Crippen LogP contribution in [0.4, 0.5) is 4.79 Å². The number of benzene rings is 2. The van der Waals surface area contributed by atoms with Crippen LogP contribution in [-0.2, 0) is 0 Å². The van der Waals surface area contributed by atoms with E-state index in [4.69, 9.17) is 0 Å². The Bertz CT molecular complexity index is 1310. The number of phenols is 1. The second-order valence-electron chi connectivity index (χ2n) is 8.41. The number of aromatic nitrogens is 3. The number of para-hydroxylation sites is 1. The number of aromatic hydroxyl groups is 1. The van der Waals surface area contributed by atoms with Crippen LogP contribution in [0.3, 0.4) is 0 Å². The molecule has 1 N–H and O–H groups in total. The fraction of sp³-hybridized carbons (Fsp3) is 0.292. The fourth-order valence-electron chi connectivity index (χ4n) is 4.32. The van der Waals surface area contributed by atoms with Crippen molar-refractivity contribution >= 4 is 16.9 Å². The first-order valence-corrected chi connectivity index (χ1v) is 10.8. The van der Waals surface area contributed by atoms with Crippen molar-refractivity contribution < 1.29 is 9.90 Å². The average molecular weight is 431 g/mol. The molecule has 0 aromatic heterocycles. The van der Waals surface area contributed by atoms with Crippen molar-refractivity contribution in [3.05, 3.63) is 65.1 Å². The minimum absolute atomic E-state index is 0.115. The predicted molar refractivity (Wildman–Crippen MR) is 123 cm³/mol. The van der Waals surface area contributed by atoms with E-state index < -0.39 is 0 Å². The standard InChI is InChI=1S/C24H25N5O3/c1-16(2)26-11-13-27(14-12-26)24(32)28-15-20-22(19-5-3-4-6-21(19)28)25-29(23(20)31)17-7-9-18(30)10-8-17/h3-10,15-16,30H,11-14H2,1-2H3. The minimum Gasteiger partial charge on any atom is -0.508 e. The van der Waals surface area contributed by atoms with Crippen LogP contribution in [0.1, 0.15) is 13.8 Å². The normalized spacial score (nSPS) is 15.2. The second kappa shape index (κ2) is 7.80. The molecule has 2 aromatic carbocycles. The average Bonchev–Trinajstić information content (AvgIpc) is 3.15. The van der Waals surface area contributed by atoms with E-state index in [0.717, 1.165) is 18.5 Å². The molecule has 2 aromatic rings. The van der Waals surface area contributed by atoms with E-state index in [9.17, 15) is 14.7 Å². The van der Waals surface area contributed by atoms with Gasteiger partial charge in [-0.05, 0) is 44.2 Å². The number of hydrogen-bond donors (Lipinski definition) is 1. The highest BCUT2D eigenvalue weighted by molar-refractivity contribution is 5.99. The number of carbonyl (C=O) groups excluding carboxylic acids is 1. The van der Waals surface area contributed by atoms with E-state index in [0.29, 0.717) is 41.6 Å². The van der Waals surface area contributed by atoms with Gasteiger partial charge >= 0.3 is 6.03 Å². The highest BCUT2D eigenvalue weighted by atomic mass is 16.3. The quantitative estimate of drug-likeness (QED) is 0.528. The summed E-state index contributed by atoms with van der Waals surface area (Å²) in [7, 11) is 0. The van der Waals surface area contributed by atoms with E-state index >= 15 is 0 Å². The third-order valence-electron chi connectivity index (χ3n) is 6.17. The molecule has 1 saturated heterocycles. The Balaban J connectivity index is 1.61. The molecule has 32 heavy (non-hydrogen) atoms. The molecule has 0 unspecified atom stereocenters. The first kappa shape index (κ1) is 20.3. The molecule has 3 aliphatic rings. The lowest BCUT2D eigenvalue weighted by molar-refractivity contribution is 0.120. The van der Waals surface area contributed by atoms with Gasteiger partial charge in [0.15, 0.2) is 0 Å². The summed E-state index contributed by atoms with van der Waals surface area (Å²) in [4.78, 5) is 30.9. The molecule has 0 saturated carbocycles. The van der Waals surface area contributed by atoms with Crippen LogP contribution in [0.25, 0.3) is 27.8 Å². The number of nitrogens with zero attached hydrogens (tertiary/aromatic N) is 5. The first-order valence-electron chi connectivity index (χ1n) is 10.8. The van der Waals surface area contributed by atoms with Crippen molar-refractivity contribution in [2.45, 2.75) is 19.9 Å². The summed E-state index contributed by atoms with van der Waals surface area (Å²) in [5, 5.41) is 14.9. The number of piperazine rings is 1. The van der Waals surface area contributed by atoms with Gasteiger partial charge < -0.3 is 10.0 Å². The van der Waals surface area contributed by atoms with Gasteiger partial charge in [0.1, 0.15) is 11.4 Å². The fourth-order valence-corrected chi connectivity index (χ4v) is 4.32. The van der Waals surface area contributed by atoms with Crippen LogP contribution in [0.15, 0.2) is 59.5 Å². The van der Waals surface area contributed by atoms with Crippen LogP contribution in [-0.4, -0.2) is 67.5 Å². The van der Waals surface area contributed by atoms with Crippen LogP contribution < -0.4 is 5.56 Å². The Labute approximate surface area is 185 Å². The molecule has 164 valence electrons. The van der Waals surface area contributed by atoms with Gasteiger partial charge in [0.2, 0.25) is 0 Å². The van der Waals surface area contributed by atoms with Gasteiger partial charge in [-0.1, -0.05) is 18.2 Å². The van der Waals surface area contributed by atoms with Crippen LogP contribution in [0, 0.1) is 0 Å². The Morgan fingerprint density at radius 2 is 1.69 bits per heavy atom. The molecule has 0 atom stereocenters. The number of rotatable bonds is 2. The highest BCUT2D eigenvalue weighted by Crippen LogP contribution is 2.28. The molecule has 5 rings (SSSR count). The molecule has 3 aliphatic heterocycles. The molecule has 0 aliphatic carbocycles. The molecule has 0 bridgehead atoms. The highest BCUT2D eigenvalue weighted by Gasteiger charge is 2.27. The second-order valence-corrected chi connectivity index (χ2v) is 8.41.